The Morgan fingerprint density at radius 1 is 1.12 bits per heavy atom. The molecule has 1 aliphatic heterocycles. The highest BCUT2D eigenvalue weighted by Crippen LogP contribution is 2.22. The van der Waals surface area contributed by atoms with Gasteiger partial charge in [0.2, 0.25) is 5.91 Å². The lowest BCUT2D eigenvalue weighted by atomic mass is 10.0. The van der Waals surface area contributed by atoms with Gasteiger partial charge in [-0.3, -0.25) is 9.69 Å². The van der Waals surface area contributed by atoms with Crippen molar-refractivity contribution in [2.24, 2.45) is 0 Å². The van der Waals surface area contributed by atoms with Crippen LogP contribution in [0.3, 0.4) is 0 Å². The van der Waals surface area contributed by atoms with Crippen molar-refractivity contribution in [3.05, 3.63) is 35.9 Å². The normalized spacial score (nSPS) is 18.0. The van der Waals surface area contributed by atoms with E-state index in [9.17, 15) is 4.79 Å². The molecule has 1 saturated heterocycles. The molecule has 1 aromatic rings. The van der Waals surface area contributed by atoms with Crippen molar-refractivity contribution in [1.29, 1.82) is 0 Å². The number of hydrogen-bond donors (Lipinski definition) is 2. The molecule has 24 heavy (non-hydrogen) atoms. The first-order valence-electron chi connectivity index (χ1n) is 8.04. The van der Waals surface area contributed by atoms with Gasteiger partial charge in [0, 0.05) is 38.8 Å². The van der Waals surface area contributed by atoms with Gasteiger partial charge >= 0.3 is 0 Å². The van der Waals surface area contributed by atoms with Crippen LogP contribution in [0.25, 0.3) is 0 Å². The molecule has 0 aliphatic carbocycles. The molecule has 2 N–H and O–H groups in total. The van der Waals surface area contributed by atoms with Gasteiger partial charge in [0.05, 0.1) is 0 Å². The molecule has 7 heteroatoms. The Morgan fingerprint density at radius 2 is 1.71 bits per heavy atom. The maximum atomic E-state index is 12.8. The minimum Gasteiger partial charge on any atom is -0.353 e. The Labute approximate surface area is 158 Å². The zero-order chi connectivity index (χ0) is 15.9. The van der Waals surface area contributed by atoms with E-state index in [4.69, 9.17) is 0 Å². The Kier molecular flexibility index (Phi) is 11.2. The molecule has 0 radical (unpaired) electrons. The highest BCUT2D eigenvalue weighted by molar-refractivity contribution is 5.85. The third-order valence-electron chi connectivity index (χ3n) is 4.34. The summed E-state index contributed by atoms with van der Waals surface area (Å²) in [7, 11) is 4.04. The van der Waals surface area contributed by atoms with Crippen LogP contribution in [0.2, 0.25) is 0 Å². The molecular formula is C17H30Cl2N4O. The van der Waals surface area contributed by atoms with Crippen LogP contribution in [0.15, 0.2) is 30.3 Å². The van der Waals surface area contributed by atoms with E-state index >= 15 is 0 Å². The molecule has 5 nitrogen and oxygen atoms in total. The maximum absolute atomic E-state index is 12.8. The summed E-state index contributed by atoms with van der Waals surface area (Å²) < 4.78 is 0. The number of nitrogens with one attached hydrogen (secondary N) is 2. The van der Waals surface area contributed by atoms with E-state index in [1.54, 1.807) is 0 Å². The fourth-order valence-corrected chi connectivity index (χ4v) is 2.70. The van der Waals surface area contributed by atoms with Gasteiger partial charge in [0.15, 0.2) is 0 Å². The molecule has 138 valence electrons. The number of nitrogens with zero attached hydrogens (tertiary/aromatic N) is 2. The van der Waals surface area contributed by atoms with Gasteiger partial charge in [-0.2, -0.15) is 0 Å². The van der Waals surface area contributed by atoms with Gasteiger partial charge in [-0.05, 0) is 26.6 Å². The van der Waals surface area contributed by atoms with Crippen molar-refractivity contribution in [2.75, 3.05) is 46.8 Å². The second-order valence-corrected chi connectivity index (χ2v) is 6.09. The Balaban J connectivity index is 0.00000264. The zero-order valence-electron chi connectivity index (χ0n) is 14.7. The number of halogens is 2. The zero-order valence-corrected chi connectivity index (χ0v) is 16.3. The maximum Gasteiger partial charge on any atom is 0.242 e. The topological polar surface area (TPSA) is 47.6 Å². The first kappa shape index (κ1) is 23.1. The molecule has 1 aromatic carbocycles. The first-order valence-corrected chi connectivity index (χ1v) is 8.04. The number of benzene rings is 1. The van der Waals surface area contributed by atoms with Gasteiger partial charge < -0.3 is 15.5 Å². The molecule has 2 rings (SSSR count). The fourth-order valence-electron chi connectivity index (χ4n) is 2.70. The average molecular weight is 377 g/mol. The summed E-state index contributed by atoms with van der Waals surface area (Å²) in [6.07, 6.45) is 0. The van der Waals surface area contributed by atoms with Crippen molar-refractivity contribution in [3.63, 3.8) is 0 Å². The minimum atomic E-state index is -0.195. The lowest BCUT2D eigenvalue weighted by Crippen LogP contribution is -2.50. The third-order valence-corrected chi connectivity index (χ3v) is 4.34. The highest BCUT2D eigenvalue weighted by Gasteiger charge is 2.29. The third kappa shape index (κ3) is 6.57. The first-order chi connectivity index (χ1) is 10.6. The monoisotopic (exact) mass is 376 g/mol. The predicted molar refractivity (Wildman–Crippen MR) is 104 cm³/mol. The van der Waals surface area contributed by atoms with Crippen LogP contribution in [-0.4, -0.2) is 68.6 Å². The van der Waals surface area contributed by atoms with Gasteiger partial charge in [-0.25, -0.2) is 0 Å². The lowest BCUT2D eigenvalue weighted by Gasteiger charge is -2.37. The van der Waals surface area contributed by atoms with Crippen LogP contribution >= 0.6 is 24.8 Å². The van der Waals surface area contributed by atoms with E-state index in [1.165, 1.54) is 0 Å². The van der Waals surface area contributed by atoms with Crippen LogP contribution in [0, 0.1) is 0 Å². The highest BCUT2D eigenvalue weighted by atomic mass is 35.5. The van der Waals surface area contributed by atoms with E-state index in [2.05, 4.69) is 34.4 Å². The summed E-state index contributed by atoms with van der Waals surface area (Å²) in [5, 5.41) is 6.23. The fraction of sp³-hybridized carbons (Fsp3) is 0.588. The van der Waals surface area contributed by atoms with Crippen molar-refractivity contribution < 1.29 is 4.79 Å². The predicted octanol–water partition coefficient (Wildman–Crippen LogP) is 1.54. The summed E-state index contributed by atoms with van der Waals surface area (Å²) in [6, 6.07) is 10.2. The summed E-state index contributed by atoms with van der Waals surface area (Å²) in [4.78, 5) is 17.3. The molecule has 1 aliphatic rings. The number of hydrogen-bond acceptors (Lipinski definition) is 4. The van der Waals surface area contributed by atoms with Gasteiger partial charge in [-0.15, -0.1) is 24.8 Å². The number of carbonyl (C=O) groups is 1. The molecule has 2 atom stereocenters. The van der Waals surface area contributed by atoms with Crippen LogP contribution in [0.1, 0.15) is 18.5 Å². The second kappa shape index (κ2) is 11.7. The van der Waals surface area contributed by atoms with Crippen molar-refractivity contribution in [2.45, 2.75) is 19.0 Å². The molecule has 0 aromatic heterocycles. The number of rotatable bonds is 6. The number of amides is 1. The van der Waals surface area contributed by atoms with E-state index in [-0.39, 0.29) is 42.8 Å². The molecule has 1 amide bonds. The van der Waals surface area contributed by atoms with Crippen LogP contribution in [-0.2, 0) is 4.79 Å². The van der Waals surface area contributed by atoms with Crippen LogP contribution in [0.5, 0.6) is 0 Å². The Morgan fingerprint density at radius 3 is 2.25 bits per heavy atom. The molecule has 0 bridgehead atoms. The van der Waals surface area contributed by atoms with Crippen LogP contribution < -0.4 is 10.6 Å². The molecule has 0 saturated carbocycles. The molecular weight excluding hydrogens is 347 g/mol. The average Bonchev–Trinajstić information content (AvgIpc) is 2.55. The van der Waals surface area contributed by atoms with E-state index in [1.807, 2.05) is 37.4 Å². The van der Waals surface area contributed by atoms with E-state index in [0.29, 0.717) is 6.54 Å². The largest absolute Gasteiger partial charge is 0.353 e. The van der Waals surface area contributed by atoms with E-state index in [0.717, 1.165) is 31.7 Å². The summed E-state index contributed by atoms with van der Waals surface area (Å²) in [5.41, 5.74) is 1.07. The number of likely N-dealkylation sites (N-methyl/N-ethyl adjacent to an activating group) is 2. The molecule has 2 unspecified atom stereocenters. The lowest BCUT2D eigenvalue weighted by molar-refractivity contribution is -0.127. The van der Waals surface area contributed by atoms with Gasteiger partial charge in [0.25, 0.3) is 0 Å². The van der Waals surface area contributed by atoms with E-state index < -0.39 is 0 Å². The summed E-state index contributed by atoms with van der Waals surface area (Å²) in [5.74, 6) is 0.0952. The molecule has 1 fully saturated rings. The quantitative estimate of drug-likeness (QED) is 0.790. The van der Waals surface area contributed by atoms with Crippen LogP contribution in [0.4, 0.5) is 0 Å². The summed E-state index contributed by atoms with van der Waals surface area (Å²) in [6.45, 7) is 6.56. The smallest absolute Gasteiger partial charge is 0.242 e. The Hall–Kier alpha value is -0.850. The summed E-state index contributed by atoms with van der Waals surface area (Å²) >= 11 is 0. The van der Waals surface area contributed by atoms with Gasteiger partial charge in [0.1, 0.15) is 6.04 Å². The standard InChI is InChI=1S/C17H28N4O.2ClH/c1-14(18-2)13-19-17(22)16(15-7-5-4-6-8-15)21-11-9-20(3)10-12-21;;/h4-8,14,16,18H,9-13H2,1-3H3,(H,19,22);2*1H. The van der Waals surface area contributed by atoms with Crippen molar-refractivity contribution in [3.8, 4) is 0 Å². The van der Waals surface area contributed by atoms with Crippen molar-refractivity contribution in [1.82, 2.24) is 20.4 Å². The molecule has 0 spiro atoms. The SMILES string of the molecule is CNC(C)CNC(=O)C(c1ccccc1)N1CCN(C)CC1.Cl.Cl. The Bertz CT molecular complexity index is 467. The number of carbonyl (C=O) groups excluding carboxylic acids is 1. The molecule has 1 heterocycles. The second-order valence-electron chi connectivity index (χ2n) is 6.09. The van der Waals surface area contributed by atoms with Crippen molar-refractivity contribution >= 4 is 30.7 Å². The minimum absolute atomic E-state index is 0. The number of piperazine rings is 1. The van der Waals surface area contributed by atoms with Gasteiger partial charge in [-0.1, -0.05) is 30.3 Å².